The first-order chi connectivity index (χ1) is 13.3. The van der Waals surface area contributed by atoms with Gasteiger partial charge in [0, 0.05) is 8.54 Å². The van der Waals surface area contributed by atoms with Crippen LogP contribution >= 0.6 is 0 Å². The highest BCUT2D eigenvalue weighted by molar-refractivity contribution is 5.40. The second kappa shape index (κ2) is 8.38. The van der Waals surface area contributed by atoms with E-state index in [1.807, 2.05) is 19.2 Å². The van der Waals surface area contributed by atoms with Crippen LogP contribution < -0.4 is 0 Å². The van der Waals surface area contributed by atoms with E-state index in [9.17, 15) is 5.11 Å². The van der Waals surface area contributed by atoms with Gasteiger partial charge in [-0.05, 0) is 90.4 Å². The third kappa shape index (κ3) is 3.99. The number of benzene rings is 1. The van der Waals surface area contributed by atoms with Gasteiger partial charge in [-0.2, -0.15) is 0 Å². The zero-order chi connectivity index (χ0) is 20.5. The lowest BCUT2D eigenvalue weighted by molar-refractivity contribution is -0.0444. The maximum Gasteiger partial charge on any atom is 0.115 e. The van der Waals surface area contributed by atoms with Crippen molar-refractivity contribution >= 4 is 0 Å². The van der Waals surface area contributed by atoms with Crippen molar-refractivity contribution in [1.29, 1.82) is 0 Å². The Bertz CT molecular complexity index is 665. The van der Waals surface area contributed by atoms with Crippen LogP contribution in [0.25, 0.3) is 0 Å². The van der Waals surface area contributed by atoms with Gasteiger partial charge in [-0.1, -0.05) is 53.5 Å². The number of rotatable bonds is 3. The average Bonchev–Trinajstić information content (AvgIpc) is 3.04. The Hall–Kier alpha value is -1.02. The highest BCUT2D eigenvalue weighted by Gasteiger charge is 2.54. The molecule has 4 rings (SSSR count). The molecule has 1 N–H and O–H groups in total. The normalized spacial score (nSPS) is 33.9. The van der Waals surface area contributed by atoms with Crippen molar-refractivity contribution in [3.63, 3.8) is 0 Å². The molecule has 5 atom stereocenters. The molecule has 28 heavy (non-hydrogen) atoms. The fourth-order valence-corrected chi connectivity index (χ4v) is 6.16. The fourth-order valence-electron chi connectivity index (χ4n) is 6.16. The van der Waals surface area contributed by atoms with E-state index in [1.54, 1.807) is 0 Å². The van der Waals surface area contributed by atoms with E-state index >= 15 is 0 Å². The van der Waals surface area contributed by atoms with Crippen LogP contribution in [-0.2, 0) is 11.2 Å². The first-order valence-electron chi connectivity index (χ1n) is 11.6. The molecule has 2 nitrogen and oxygen atoms in total. The van der Waals surface area contributed by atoms with Crippen molar-refractivity contribution in [2.45, 2.75) is 98.0 Å². The predicted octanol–water partition coefficient (Wildman–Crippen LogP) is 7.34. The summed E-state index contributed by atoms with van der Waals surface area (Å²) in [6.07, 6.45) is 10.6. The molecule has 0 radical (unpaired) electrons. The zero-order valence-electron chi connectivity index (χ0n) is 19.1. The smallest absolute Gasteiger partial charge is 0.115 e. The first-order valence-corrected chi connectivity index (χ1v) is 11.6. The van der Waals surface area contributed by atoms with E-state index in [-0.39, 0.29) is 1.43 Å². The van der Waals surface area contributed by atoms with Crippen LogP contribution in [0.4, 0.5) is 0 Å². The van der Waals surface area contributed by atoms with Gasteiger partial charge in [0.25, 0.3) is 0 Å². The minimum atomic E-state index is 0. The van der Waals surface area contributed by atoms with Crippen LogP contribution in [0.2, 0.25) is 0 Å². The zero-order valence-corrected chi connectivity index (χ0v) is 19.1. The van der Waals surface area contributed by atoms with Crippen molar-refractivity contribution in [3.05, 3.63) is 29.3 Å². The molecule has 5 unspecified atom stereocenters. The summed E-state index contributed by atoms with van der Waals surface area (Å²) in [5.74, 6) is 2.78. The number of hydrogen-bond acceptors (Lipinski definition) is 2. The van der Waals surface area contributed by atoms with Gasteiger partial charge in [0.2, 0.25) is 0 Å². The second-order valence-corrected chi connectivity index (χ2v) is 10.5. The van der Waals surface area contributed by atoms with Crippen LogP contribution in [0.5, 0.6) is 5.75 Å². The molecule has 0 spiro atoms. The van der Waals surface area contributed by atoms with Crippen LogP contribution in [0.1, 0.15) is 98.0 Å². The highest BCUT2D eigenvalue weighted by Crippen LogP contribution is 2.61. The van der Waals surface area contributed by atoms with Gasteiger partial charge in [0.15, 0.2) is 0 Å². The monoisotopic (exact) mass is 388 g/mol. The molecule has 160 valence electrons. The Morgan fingerprint density at radius 1 is 1.14 bits per heavy atom. The van der Waals surface area contributed by atoms with Gasteiger partial charge in [0.05, 0.1) is 6.10 Å². The van der Waals surface area contributed by atoms with Crippen LogP contribution in [0, 0.1) is 22.7 Å². The number of aryl methyl sites for hydroxylation is 1. The molecular formula is C26H44O2. The summed E-state index contributed by atoms with van der Waals surface area (Å²) >= 11 is 0. The summed E-state index contributed by atoms with van der Waals surface area (Å²) in [4.78, 5) is 0. The number of hydrogen-bond donors (Lipinski definition) is 1. The minimum Gasteiger partial charge on any atom is -0.508 e. The predicted molar refractivity (Wildman–Crippen MR) is 120 cm³/mol. The van der Waals surface area contributed by atoms with Crippen molar-refractivity contribution < 1.29 is 11.3 Å². The van der Waals surface area contributed by atoms with E-state index in [4.69, 9.17) is 4.74 Å². The summed E-state index contributed by atoms with van der Waals surface area (Å²) in [6.45, 7) is 11.5. The lowest BCUT2D eigenvalue weighted by Crippen LogP contribution is -2.44. The maximum atomic E-state index is 9.73. The van der Waals surface area contributed by atoms with E-state index in [2.05, 4.69) is 40.7 Å². The Morgan fingerprint density at radius 2 is 1.86 bits per heavy atom. The van der Waals surface area contributed by atoms with Gasteiger partial charge < -0.3 is 9.84 Å². The molecule has 3 aliphatic rings. The van der Waals surface area contributed by atoms with Crippen molar-refractivity contribution in [2.75, 3.05) is 7.11 Å². The summed E-state index contributed by atoms with van der Waals surface area (Å²) < 4.78 is 5.82. The third-order valence-electron chi connectivity index (χ3n) is 8.82. The van der Waals surface area contributed by atoms with E-state index < -0.39 is 0 Å². The first kappa shape index (κ1) is 21.7. The number of ether oxygens (including phenoxy) is 1. The Labute approximate surface area is 174 Å². The van der Waals surface area contributed by atoms with Crippen LogP contribution in [0.3, 0.4) is 0 Å². The lowest BCUT2D eigenvalue weighted by atomic mass is 9.55. The number of phenols is 1. The molecule has 0 saturated heterocycles. The molecular weight excluding hydrogens is 344 g/mol. The lowest BCUT2D eigenvalue weighted by Gasteiger charge is -2.50. The van der Waals surface area contributed by atoms with E-state index in [0.29, 0.717) is 28.6 Å². The molecule has 2 saturated carbocycles. The van der Waals surface area contributed by atoms with Gasteiger partial charge in [-0.3, -0.25) is 0 Å². The Kier molecular flexibility index (Phi) is 6.49. The summed E-state index contributed by atoms with van der Waals surface area (Å²) in [5.41, 5.74) is 3.89. The third-order valence-corrected chi connectivity index (χ3v) is 8.82. The molecule has 1 aromatic rings. The molecule has 0 bridgehead atoms. The summed E-state index contributed by atoms with van der Waals surface area (Å²) in [5, 5.41) is 9.73. The number of methoxy groups -OCH3 is 1. The molecule has 3 aliphatic carbocycles. The Morgan fingerprint density at radius 3 is 2.46 bits per heavy atom. The largest absolute Gasteiger partial charge is 0.508 e. The molecule has 0 aromatic heterocycles. The maximum absolute atomic E-state index is 9.73. The van der Waals surface area contributed by atoms with Crippen molar-refractivity contribution in [2.24, 2.45) is 22.7 Å². The van der Waals surface area contributed by atoms with Gasteiger partial charge in [-0.25, -0.2) is 0 Å². The van der Waals surface area contributed by atoms with Crippen LogP contribution in [0.15, 0.2) is 18.2 Å². The molecule has 2 heteroatoms. The number of phenolic OH excluding ortho intramolecular Hbond substituents is 1. The average molecular weight is 389 g/mol. The summed E-state index contributed by atoms with van der Waals surface area (Å²) in [7, 11) is 1.89. The van der Waals surface area contributed by atoms with Crippen molar-refractivity contribution in [1.82, 2.24) is 0 Å². The Balaban J connectivity index is 0.000000327. The van der Waals surface area contributed by atoms with Gasteiger partial charge in [-0.15, -0.1) is 0 Å². The highest BCUT2D eigenvalue weighted by atomic mass is 16.5. The fraction of sp³-hybridized carbons (Fsp3) is 0.769. The summed E-state index contributed by atoms with van der Waals surface area (Å²) in [6, 6.07) is 6.06. The molecule has 1 aromatic carbocycles. The molecule has 0 heterocycles. The number of aromatic hydroxyl groups is 1. The van der Waals surface area contributed by atoms with Crippen molar-refractivity contribution in [3.8, 4) is 5.75 Å². The quantitative estimate of drug-likeness (QED) is 0.587. The van der Waals surface area contributed by atoms with Gasteiger partial charge in [0.1, 0.15) is 5.75 Å². The molecule has 0 aliphatic heterocycles. The topological polar surface area (TPSA) is 29.5 Å². The standard InChI is InChI=1S/C19H26O2.C7H16.H2/c1-19-10-9-15-14-6-4-13(20)11-12(14)3-5-16(15)17(19)7-8-18(19)21-2;1-5-7(3,4)6-2;/h4,6,11,15-18,20H,3,5,7-10H2,1-2H3;5-6H2,1-4H3;1H. The number of fused-ring (bicyclic) bond motifs is 5. The van der Waals surface area contributed by atoms with Gasteiger partial charge >= 0.3 is 0 Å². The second-order valence-electron chi connectivity index (χ2n) is 10.5. The van der Waals surface area contributed by atoms with E-state index in [0.717, 1.165) is 18.3 Å². The van der Waals surface area contributed by atoms with E-state index in [1.165, 1.54) is 56.1 Å². The SMILES string of the molecule is CCC(C)(C)CC.COC1CCC2C3CCc4cc(O)ccc4C3CCC12C.[HH]. The van der Waals surface area contributed by atoms with Crippen LogP contribution in [-0.4, -0.2) is 18.3 Å². The minimum absolute atomic E-state index is 0. The molecule has 0 amide bonds. The molecule has 2 fully saturated rings.